The molecule has 4 nitrogen and oxygen atoms in total. The van der Waals surface area contributed by atoms with E-state index in [4.69, 9.17) is 21.7 Å². The molecule has 1 amide bonds. The van der Waals surface area contributed by atoms with Crippen LogP contribution in [0.4, 0.5) is 0 Å². The number of amides is 1. The van der Waals surface area contributed by atoms with Gasteiger partial charge in [0.15, 0.2) is 0 Å². The van der Waals surface area contributed by atoms with E-state index in [0.29, 0.717) is 22.4 Å². The molecule has 0 radical (unpaired) electrons. The highest BCUT2D eigenvalue weighted by Gasteiger charge is 2.28. The standard InChI is InChI=1S/C19H16BrNO3S2/c1-21-18(22)17(26-19(21)25)12-13-3-2-4-16(11-13)24-10-9-23-15-7-5-14(20)6-8-15/h2-8,11-12H,9-10H2,1H3. The van der Waals surface area contributed by atoms with E-state index in [0.717, 1.165) is 21.5 Å². The molecule has 1 heterocycles. The number of hydrogen-bond acceptors (Lipinski definition) is 5. The lowest BCUT2D eigenvalue weighted by atomic mass is 10.2. The molecule has 2 aromatic carbocycles. The third-order valence-electron chi connectivity index (χ3n) is 3.58. The summed E-state index contributed by atoms with van der Waals surface area (Å²) >= 11 is 9.84. The first-order chi connectivity index (χ1) is 12.5. The summed E-state index contributed by atoms with van der Waals surface area (Å²) in [5.74, 6) is 1.45. The lowest BCUT2D eigenvalue weighted by molar-refractivity contribution is -0.121. The second-order valence-electron chi connectivity index (χ2n) is 5.46. The van der Waals surface area contributed by atoms with Gasteiger partial charge >= 0.3 is 0 Å². The summed E-state index contributed by atoms with van der Waals surface area (Å²) in [7, 11) is 1.68. The number of benzene rings is 2. The molecular formula is C19H16BrNO3S2. The maximum absolute atomic E-state index is 12.1. The predicted octanol–water partition coefficient (Wildman–Crippen LogP) is 4.74. The Hall–Kier alpha value is -1.83. The second kappa shape index (κ2) is 8.70. The monoisotopic (exact) mass is 449 g/mol. The molecule has 0 aliphatic carbocycles. The van der Waals surface area contributed by atoms with Gasteiger partial charge in [0.1, 0.15) is 29.0 Å². The van der Waals surface area contributed by atoms with E-state index < -0.39 is 0 Å². The maximum atomic E-state index is 12.1. The highest BCUT2D eigenvalue weighted by Crippen LogP contribution is 2.31. The summed E-state index contributed by atoms with van der Waals surface area (Å²) in [6.45, 7) is 0.872. The van der Waals surface area contributed by atoms with E-state index in [2.05, 4.69) is 15.9 Å². The van der Waals surface area contributed by atoms with Gasteiger partial charge in [0, 0.05) is 11.5 Å². The van der Waals surface area contributed by atoms with Crippen LogP contribution in [0.2, 0.25) is 0 Å². The number of rotatable bonds is 6. The molecule has 0 unspecified atom stereocenters. The fraction of sp³-hybridized carbons (Fsp3) is 0.158. The highest BCUT2D eigenvalue weighted by molar-refractivity contribution is 9.10. The highest BCUT2D eigenvalue weighted by atomic mass is 79.9. The van der Waals surface area contributed by atoms with Crippen molar-refractivity contribution in [2.45, 2.75) is 0 Å². The number of halogens is 1. The molecule has 0 spiro atoms. The zero-order valence-corrected chi connectivity index (χ0v) is 17.2. The van der Waals surface area contributed by atoms with E-state index in [1.807, 2.05) is 54.6 Å². The van der Waals surface area contributed by atoms with Gasteiger partial charge in [0.25, 0.3) is 5.91 Å². The maximum Gasteiger partial charge on any atom is 0.265 e. The van der Waals surface area contributed by atoms with Gasteiger partial charge in [-0.05, 0) is 48.0 Å². The Morgan fingerprint density at radius 3 is 2.46 bits per heavy atom. The van der Waals surface area contributed by atoms with Gasteiger partial charge in [0.2, 0.25) is 0 Å². The van der Waals surface area contributed by atoms with Crippen molar-refractivity contribution < 1.29 is 14.3 Å². The van der Waals surface area contributed by atoms with E-state index in [1.165, 1.54) is 16.7 Å². The number of carbonyl (C=O) groups is 1. The van der Waals surface area contributed by atoms with Crippen LogP contribution in [-0.2, 0) is 4.79 Å². The first kappa shape index (κ1) is 18.9. The lowest BCUT2D eigenvalue weighted by Crippen LogP contribution is -2.22. The summed E-state index contributed by atoms with van der Waals surface area (Å²) in [4.78, 5) is 14.2. The molecule has 7 heteroatoms. The average Bonchev–Trinajstić information content (AvgIpc) is 2.87. The zero-order chi connectivity index (χ0) is 18.5. The summed E-state index contributed by atoms with van der Waals surface area (Å²) < 4.78 is 12.9. The molecule has 2 aromatic rings. The topological polar surface area (TPSA) is 38.8 Å². The van der Waals surface area contributed by atoms with E-state index in [9.17, 15) is 4.79 Å². The van der Waals surface area contributed by atoms with Gasteiger partial charge in [-0.25, -0.2) is 0 Å². The van der Waals surface area contributed by atoms with Gasteiger partial charge in [-0.3, -0.25) is 9.69 Å². The minimum absolute atomic E-state index is 0.0748. The van der Waals surface area contributed by atoms with Crippen LogP contribution in [0.3, 0.4) is 0 Å². The minimum atomic E-state index is -0.0748. The first-order valence-electron chi connectivity index (χ1n) is 7.86. The third kappa shape index (κ3) is 4.87. The quantitative estimate of drug-likeness (QED) is 0.361. The zero-order valence-electron chi connectivity index (χ0n) is 14.0. The molecule has 3 rings (SSSR count). The van der Waals surface area contributed by atoms with Crippen molar-refractivity contribution in [2.75, 3.05) is 20.3 Å². The van der Waals surface area contributed by atoms with Crippen LogP contribution in [0.15, 0.2) is 57.9 Å². The van der Waals surface area contributed by atoms with Crippen molar-refractivity contribution >= 4 is 56.2 Å². The van der Waals surface area contributed by atoms with Crippen molar-refractivity contribution in [3.8, 4) is 11.5 Å². The number of thioether (sulfide) groups is 1. The summed E-state index contributed by atoms with van der Waals surface area (Å²) in [5.41, 5.74) is 0.894. The Balaban J connectivity index is 1.55. The van der Waals surface area contributed by atoms with Crippen molar-refractivity contribution in [1.82, 2.24) is 4.90 Å². The number of carbonyl (C=O) groups excluding carboxylic acids is 1. The Labute approximate surface area is 170 Å². The Morgan fingerprint density at radius 1 is 1.12 bits per heavy atom. The largest absolute Gasteiger partial charge is 0.490 e. The molecule has 0 N–H and O–H groups in total. The molecule has 0 bridgehead atoms. The molecule has 0 saturated carbocycles. The summed E-state index contributed by atoms with van der Waals surface area (Å²) in [6, 6.07) is 15.2. The van der Waals surface area contributed by atoms with Crippen LogP contribution in [0.25, 0.3) is 6.08 Å². The van der Waals surface area contributed by atoms with Gasteiger partial charge in [0.05, 0.1) is 4.91 Å². The summed E-state index contributed by atoms with van der Waals surface area (Å²) in [6.07, 6.45) is 1.83. The first-order valence-corrected chi connectivity index (χ1v) is 9.87. The van der Waals surface area contributed by atoms with Crippen LogP contribution in [0.5, 0.6) is 11.5 Å². The van der Waals surface area contributed by atoms with Crippen LogP contribution in [-0.4, -0.2) is 35.4 Å². The minimum Gasteiger partial charge on any atom is -0.490 e. The lowest BCUT2D eigenvalue weighted by Gasteiger charge is -2.09. The van der Waals surface area contributed by atoms with Crippen LogP contribution in [0, 0.1) is 0 Å². The van der Waals surface area contributed by atoms with Crippen molar-refractivity contribution in [3.63, 3.8) is 0 Å². The number of ether oxygens (including phenoxy) is 2. The Bertz CT molecular complexity index is 852. The normalized spacial score (nSPS) is 15.6. The van der Waals surface area contributed by atoms with E-state index in [-0.39, 0.29) is 5.91 Å². The number of thiocarbonyl (C=S) groups is 1. The molecule has 26 heavy (non-hydrogen) atoms. The van der Waals surface area contributed by atoms with Gasteiger partial charge in [-0.2, -0.15) is 0 Å². The SMILES string of the molecule is CN1C(=O)C(=Cc2cccc(OCCOc3ccc(Br)cc3)c2)SC1=S. The fourth-order valence-electron chi connectivity index (χ4n) is 2.24. The Kier molecular flexibility index (Phi) is 6.34. The molecule has 0 aromatic heterocycles. The van der Waals surface area contributed by atoms with Crippen LogP contribution < -0.4 is 9.47 Å². The van der Waals surface area contributed by atoms with Gasteiger partial charge < -0.3 is 9.47 Å². The van der Waals surface area contributed by atoms with Crippen LogP contribution >= 0.6 is 39.9 Å². The van der Waals surface area contributed by atoms with Gasteiger partial charge in [-0.15, -0.1) is 0 Å². The van der Waals surface area contributed by atoms with Crippen LogP contribution in [0.1, 0.15) is 5.56 Å². The predicted molar refractivity (Wildman–Crippen MR) is 113 cm³/mol. The molecule has 1 saturated heterocycles. The van der Waals surface area contributed by atoms with Crippen molar-refractivity contribution in [3.05, 3.63) is 63.5 Å². The average molecular weight is 450 g/mol. The molecule has 1 aliphatic rings. The van der Waals surface area contributed by atoms with Crippen molar-refractivity contribution in [1.29, 1.82) is 0 Å². The number of hydrogen-bond donors (Lipinski definition) is 0. The second-order valence-corrected chi connectivity index (χ2v) is 8.06. The van der Waals surface area contributed by atoms with Crippen molar-refractivity contribution in [2.24, 2.45) is 0 Å². The molecule has 1 fully saturated rings. The Morgan fingerprint density at radius 2 is 1.81 bits per heavy atom. The van der Waals surface area contributed by atoms with E-state index in [1.54, 1.807) is 7.05 Å². The molecule has 0 atom stereocenters. The number of nitrogens with zero attached hydrogens (tertiary/aromatic N) is 1. The molecule has 134 valence electrons. The fourth-order valence-corrected chi connectivity index (χ4v) is 3.68. The van der Waals surface area contributed by atoms with Gasteiger partial charge in [-0.1, -0.05) is 52.0 Å². The third-order valence-corrected chi connectivity index (χ3v) is 5.59. The molecule has 1 aliphatic heterocycles. The smallest absolute Gasteiger partial charge is 0.265 e. The number of likely N-dealkylation sites (N-methyl/N-ethyl adjacent to an activating group) is 1. The summed E-state index contributed by atoms with van der Waals surface area (Å²) in [5, 5.41) is 0. The van der Waals surface area contributed by atoms with E-state index >= 15 is 0 Å². The molecular weight excluding hydrogens is 434 g/mol.